The van der Waals surface area contributed by atoms with Gasteiger partial charge in [0, 0.05) is 12.6 Å². The van der Waals surface area contributed by atoms with Crippen molar-refractivity contribution in [3.05, 3.63) is 35.4 Å². The lowest BCUT2D eigenvalue weighted by Gasteiger charge is -2.37. The fourth-order valence-corrected chi connectivity index (χ4v) is 4.09. The number of nitrogens with one attached hydrogen (secondary N) is 1. The molecule has 23 heavy (non-hydrogen) atoms. The van der Waals surface area contributed by atoms with Gasteiger partial charge >= 0.3 is 0 Å². The maximum atomic E-state index is 13.0. The van der Waals surface area contributed by atoms with Crippen molar-refractivity contribution in [2.45, 2.75) is 64.5 Å². The molecule has 126 valence electrons. The molecule has 1 saturated heterocycles. The van der Waals surface area contributed by atoms with Gasteiger partial charge in [0.05, 0.1) is 0 Å². The van der Waals surface area contributed by atoms with Crippen LogP contribution in [0.4, 0.5) is 0 Å². The summed E-state index contributed by atoms with van der Waals surface area (Å²) in [6.07, 6.45) is 7.26. The molecule has 1 aromatic rings. The zero-order valence-corrected chi connectivity index (χ0v) is 14.6. The molecule has 0 radical (unpaired) electrons. The standard InChI is InChI=1S/C20H30N2O/c1-15-9-11-17(12-10-15)19(22-13-5-6-16(2)14-22)20(23)21-18-7-3-4-8-18/h9-12,16,18-19H,3-8,13-14H2,1-2H3,(H,21,23)/t16-,19-/m0/s1. The molecular weight excluding hydrogens is 284 g/mol. The number of rotatable bonds is 4. The number of likely N-dealkylation sites (tertiary alicyclic amines) is 1. The summed E-state index contributed by atoms with van der Waals surface area (Å²) in [4.78, 5) is 15.4. The minimum absolute atomic E-state index is 0.126. The van der Waals surface area contributed by atoms with Crippen LogP contribution in [0.2, 0.25) is 0 Å². The van der Waals surface area contributed by atoms with Crippen molar-refractivity contribution in [3.8, 4) is 0 Å². The number of nitrogens with zero attached hydrogens (tertiary/aromatic N) is 1. The number of aryl methyl sites for hydroxylation is 1. The van der Waals surface area contributed by atoms with Crippen molar-refractivity contribution in [1.29, 1.82) is 0 Å². The first-order valence-electron chi connectivity index (χ1n) is 9.24. The summed E-state index contributed by atoms with van der Waals surface area (Å²) in [6.45, 7) is 6.45. The molecule has 0 bridgehead atoms. The maximum absolute atomic E-state index is 13.0. The van der Waals surface area contributed by atoms with Crippen LogP contribution >= 0.6 is 0 Å². The summed E-state index contributed by atoms with van der Waals surface area (Å²) in [5, 5.41) is 3.32. The van der Waals surface area contributed by atoms with Gasteiger partial charge in [-0.3, -0.25) is 9.69 Å². The molecule has 0 unspecified atom stereocenters. The summed E-state index contributed by atoms with van der Waals surface area (Å²) in [5.74, 6) is 0.880. The lowest BCUT2D eigenvalue weighted by molar-refractivity contribution is -0.128. The zero-order valence-electron chi connectivity index (χ0n) is 14.6. The number of piperidine rings is 1. The third kappa shape index (κ3) is 4.14. The molecular formula is C20H30N2O. The summed E-state index contributed by atoms with van der Waals surface area (Å²) in [5.41, 5.74) is 2.39. The molecule has 1 saturated carbocycles. The van der Waals surface area contributed by atoms with E-state index in [1.807, 2.05) is 0 Å². The molecule has 3 nitrogen and oxygen atoms in total. The van der Waals surface area contributed by atoms with Crippen molar-refractivity contribution < 1.29 is 4.79 Å². The van der Waals surface area contributed by atoms with E-state index in [9.17, 15) is 4.79 Å². The number of hydrogen-bond donors (Lipinski definition) is 1. The molecule has 1 aromatic carbocycles. The van der Waals surface area contributed by atoms with Gasteiger partial charge < -0.3 is 5.32 Å². The van der Waals surface area contributed by atoms with Crippen molar-refractivity contribution in [3.63, 3.8) is 0 Å². The minimum atomic E-state index is -0.126. The predicted molar refractivity (Wildman–Crippen MR) is 94.3 cm³/mol. The second-order valence-electron chi connectivity index (χ2n) is 7.55. The van der Waals surface area contributed by atoms with Crippen LogP contribution in [-0.4, -0.2) is 29.9 Å². The van der Waals surface area contributed by atoms with Crippen LogP contribution in [0.15, 0.2) is 24.3 Å². The van der Waals surface area contributed by atoms with E-state index in [0.717, 1.165) is 31.5 Å². The Balaban J connectivity index is 1.79. The highest BCUT2D eigenvalue weighted by Crippen LogP contribution is 2.28. The molecule has 0 aromatic heterocycles. The quantitative estimate of drug-likeness (QED) is 0.916. The van der Waals surface area contributed by atoms with E-state index in [0.29, 0.717) is 12.0 Å². The van der Waals surface area contributed by atoms with Gasteiger partial charge in [-0.05, 0) is 50.6 Å². The molecule has 2 aliphatic rings. The first-order valence-corrected chi connectivity index (χ1v) is 9.24. The Kier molecular flexibility index (Phi) is 5.37. The average Bonchev–Trinajstić information content (AvgIpc) is 3.02. The highest BCUT2D eigenvalue weighted by atomic mass is 16.2. The van der Waals surface area contributed by atoms with Crippen molar-refractivity contribution in [2.75, 3.05) is 13.1 Å². The number of hydrogen-bond acceptors (Lipinski definition) is 2. The fourth-order valence-electron chi connectivity index (χ4n) is 4.09. The van der Waals surface area contributed by atoms with Crippen LogP contribution in [0.25, 0.3) is 0 Å². The van der Waals surface area contributed by atoms with Crippen LogP contribution in [0.1, 0.15) is 62.6 Å². The Morgan fingerprint density at radius 1 is 1.13 bits per heavy atom. The Hall–Kier alpha value is -1.35. The van der Waals surface area contributed by atoms with Gasteiger partial charge in [-0.2, -0.15) is 0 Å². The molecule has 1 amide bonds. The Bertz CT molecular complexity index is 519. The van der Waals surface area contributed by atoms with E-state index < -0.39 is 0 Å². The molecule has 1 aliphatic heterocycles. The smallest absolute Gasteiger partial charge is 0.242 e. The minimum Gasteiger partial charge on any atom is -0.352 e. The predicted octanol–water partition coefficient (Wildman–Crippen LogP) is 3.83. The van der Waals surface area contributed by atoms with Gasteiger partial charge in [0.2, 0.25) is 5.91 Å². The first-order chi connectivity index (χ1) is 11.1. The normalized spacial score (nSPS) is 24.5. The van der Waals surface area contributed by atoms with Crippen molar-refractivity contribution >= 4 is 5.91 Å². The van der Waals surface area contributed by atoms with E-state index in [4.69, 9.17) is 0 Å². The third-order valence-corrected chi connectivity index (χ3v) is 5.40. The number of amides is 1. The van der Waals surface area contributed by atoms with E-state index in [-0.39, 0.29) is 11.9 Å². The van der Waals surface area contributed by atoms with Crippen molar-refractivity contribution in [2.24, 2.45) is 5.92 Å². The largest absolute Gasteiger partial charge is 0.352 e. The van der Waals surface area contributed by atoms with Gasteiger partial charge in [0.15, 0.2) is 0 Å². The molecule has 1 aliphatic carbocycles. The van der Waals surface area contributed by atoms with E-state index >= 15 is 0 Å². The summed E-state index contributed by atoms with van der Waals surface area (Å²) >= 11 is 0. The topological polar surface area (TPSA) is 32.3 Å². The molecule has 1 N–H and O–H groups in total. The molecule has 0 spiro atoms. The van der Waals surface area contributed by atoms with Crippen LogP contribution < -0.4 is 5.32 Å². The summed E-state index contributed by atoms with van der Waals surface area (Å²) in [6, 6.07) is 8.77. The Labute approximate surface area is 140 Å². The molecule has 2 atom stereocenters. The molecule has 3 heteroatoms. The second-order valence-corrected chi connectivity index (χ2v) is 7.55. The first kappa shape index (κ1) is 16.5. The summed E-state index contributed by atoms with van der Waals surface area (Å²) in [7, 11) is 0. The van der Waals surface area contributed by atoms with Gasteiger partial charge in [-0.15, -0.1) is 0 Å². The Morgan fingerprint density at radius 2 is 1.83 bits per heavy atom. The van der Waals surface area contributed by atoms with Crippen LogP contribution in [-0.2, 0) is 4.79 Å². The molecule has 3 rings (SSSR count). The van der Waals surface area contributed by atoms with Crippen LogP contribution in [0.5, 0.6) is 0 Å². The average molecular weight is 314 g/mol. The lowest BCUT2D eigenvalue weighted by atomic mass is 9.95. The third-order valence-electron chi connectivity index (χ3n) is 5.40. The number of carbonyl (C=O) groups is 1. The van der Waals surface area contributed by atoms with Crippen LogP contribution in [0, 0.1) is 12.8 Å². The summed E-state index contributed by atoms with van der Waals surface area (Å²) < 4.78 is 0. The highest BCUT2D eigenvalue weighted by Gasteiger charge is 2.32. The highest BCUT2D eigenvalue weighted by molar-refractivity contribution is 5.83. The van der Waals surface area contributed by atoms with E-state index in [2.05, 4.69) is 48.3 Å². The Morgan fingerprint density at radius 3 is 2.48 bits per heavy atom. The molecule has 2 fully saturated rings. The molecule has 1 heterocycles. The number of carbonyl (C=O) groups excluding carboxylic acids is 1. The van der Waals surface area contributed by atoms with Gasteiger partial charge in [-0.1, -0.05) is 49.6 Å². The maximum Gasteiger partial charge on any atom is 0.242 e. The number of benzene rings is 1. The fraction of sp³-hybridized carbons (Fsp3) is 0.650. The zero-order chi connectivity index (χ0) is 16.2. The van der Waals surface area contributed by atoms with Gasteiger partial charge in [0.25, 0.3) is 0 Å². The second kappa shape index (κ2) is 7.48. The lowest BCUT2D eigenvalue weighted by Crippen LogP contribution is -2.46. The van der Waals surface area contributed by atoms with Gasteiger partial charge in [-0.25, -0.2) is 0 Å². The van der Waals surface area contributed by atoms with Gasteiger partial charge in [0.1, 0.15) is 6.04 Å². The van der Waals surface area contributed by atoms with E-state index in [1.165, 1.54) is 31.2 Å². The SMILES string of the molecule is Cc1ccc([C@@H](C(=O)NC2CCCC2)N2CCC[C@H](C)C2)cc1. The monoisotopic (exact) mass is 314 g/mol. The van der Waals surface area contributed by atoms with E-state index in [1.54, 1.807) is 0 Å². The van der Waals surface area contributed by atoms with Crippen LogP contribution in [0.3, 0.4) is 0 Å². The van der Waals surface area contributed by atoms with Crippen molar-refractivity contribution in [1.82, 2.24) is 10.2 Å².